The van der Waals surface area contributed by atoms with Crippen LogP contribution in [0.25, 0.3) is 0 Å². The van der Waals surface area contributed by atoms with E-state index < -0.39 is 23.5 Å². The summed E-state index contributed by atoms with van der Waals surface area (Å²) in [6.45, 7) is 1.69. The number of nitrogens with zero attached hydrogens (tertiary/aromatic N) is 2. The first-order chi connectivity index (χ1) is 13.5. The molecule has 8 heteroatoms. The molecule has 2 aromatic heterocycles. The molecule has 0 saturated carbocycles. The quantitative estimate of drug-likeness (QED) is 0.659. The second-order valence-electron chi connectivity index (χ2n) is 6.18. The van der Waals surface area contributed by atoms with E-state index in [0.717, 1.165) is 0 Å². The van der Waals surface area contributed by atoms with Crippen LogP contribution in [0.4, 0.5) is 5.82 Å². The van der Waals surface area contributed by atoms with Crippen molar-refractivity contribution < 1.29 is 24.0 Å². The average molecular weight is 396 g/mol. The molecule has 1 atom stereocenters. The van der Waals surface area contributed by atoms with E-state index in [-0.39, 0.29) is 11.4 Å². The predicted octanol–water partition coefficient (Wildman–Crippen LogP) is 3.84. The van der Waals surface area contributed by atoms with Crippen molar-refractivity contribution in [3.8, 4) is 5.75 Å². The number of aliphatic hydroxyl groups excluding tert-OH is 1. The number of ether oxygens (including phenoxy) is 1. The molecule has 0 fully saturated rings. The lowest BCUT2D eigenvalue weighted by molar-refractivity contribution is -0.117. The largest absolute Gasteiger partial charge is 0.503 e. The Morgan fingerprint density at radius 1 is 1.29 bits per heavy atom. The van der Waals surface area contributed by atoms with Gasteiger partial charge in [-0.2, -0.15) is 0 Å². The number of thiophene rings is 1. The number of hydrogen-bond donors (Lipinski definition) is 1. The Balaban J connectivity index is 1.92. The number of aromatic nitrogens is 1. The first-order valence-corrected chi connectivity index (χ1v) is 9.32. The molecule has 0 spiro atoms. The smallest absolute Gasteiger partial charge is 0.295 e. The molecular weight excluding hydrogens is 380 g/mol. The van der Waals surface area contributed by atoms with Crippen molar-refractivity contribution in [3.63, 3.8) is 0 Å². The third-order valence-electron chi connectivity index (χ3n) is 4.49. The molecule has 1 unspecified atom stereocenters. The number of para-hydroxylation sites is 1. The number of anilines is 1. The molecule has 1 amide bonds. The Morgan fingerprint density at radius 2 is 2.07 bits per heavy atom. The molecule has 1 N–H and O–H groups in total. The van der Waals surface area contributed by atoms with Crippen molar-refractivity contribution in [2.75, 3.05) is 12.0 Å². The number of aliphatic hydroxyl groups is 1. The molecule has 1 aliphatic heterocycles. The number of rotatable bonds is 5. The van der Waals surface area contributed by atoms with Crippen LogP contribution >= 0.6 is 11.3 Å². The first-order valence-electron chi connectivity index (χ1n) is 8.44. The standard InChI is InChI=1S/C20H16N2O5S/c1-11-10-15(21-27-11)22-17(12-6-3-4-7-13(12)26-2)16(19(24)20(22)25)18(23)14-8-5-9-28-14/h3-10,17,24H,1-2H3. The number of carbonyl (C=O) groups is 2. The summed E-state index contributed by atoms with van der Waals surface area (Å²) in [6.07, 6.45) is 0. The van der Waals surface area contributed by atoms with Crippen molar-refractivity contribution in [1.82, 2.24) is 5.16 Å². The van der Waals surface area contributed by atoms with Crippen LogP contribution < -0.4 is 9.64 Å². The second kappa shape index (κ2) is 6.97. The summed E-state index contributed by atoms with van der Waals surface area (Å²) in [5.41, 5.74) is 0.542. The van der Waals surface area contributed by atoms with Crippen LogP contribution in [0.2, 0.25) is 0 Å². The lowest BCUT2D eigenvalue weighted by atomic mass is 9.94. The maximum Gasteiger partial charge on any atom is 0.295 e. The Kier molecular flexibility index (Phi) is 4.48. The lowest BCUT2D eigenvalue weighted by Crippen LogP contribution is -2.31. The zero-order chi connectivity index (χ0) is 19.8. The van der Waals surface area contributed by atoms with Crippen molar-refractivity contribution in [2.45, 2.75) is 13.0 Å². The van der Waals surface area contributed by atoms with E-state index in [1.807, 2.05) is 0 Å². The summed E-state index contributed by atoms with van der Waals surface area (Å²) >= 11 is 1.24. The van der Waals surface area contributed by atoms with Gasteiger partial charge in [-0.3, -0.25) is 14.5 Å². The second-order valence-corrected chi connectivity index (χ2v) is 7.13. The summed E-state index contributed by atoms with van der Waals surface area (Å²) in [5, 5.41) is 16.3. The van der Waals surface area contributed by atoms with Crippen LogP contribution in [0, 0.1) is 6.92 Å². The van der Waals surface area contributed by atoms with E-state index in [9.17, 15) is 14.7 Å². The van der Waals surface area contributed by atoms with Gasteiger partial charge in [0.1, 0.15) is 17.6 Å². The molecule has 1 aliphatic rings. The Morgan fingerprint density at radius 3 is 2.71 bits per heavy atom. The number of hydrogen-bond acceptors (Lipinski definition) is 7. The molecule has 0 radical (unpaired) electrons. The van der Waals surface area contributed by atoms with Gasteiger partial charge in [0, 0.05) is 11.6 Å². The lowest BCUT2D eigenvalue weighted by Gasteiger charge is -2.25. The number of ketones is 1. The molecule has 4 rings (SSSR count). The number of benzene rings is 1. The molecule has 0 aliphatic carbocycles. The average Bonchev–Trinajstić information content (AvgIpc) is 3.43. The van der Waals surface area contributed by atoms with Gasteiger partial charge in [0.05, 0.1) is 17.6 Å². The Labute approximate surface area is 164 Å². The first kappa shape index (κ1) is 18.0. The summed E-state index contributed by atoms with van der Waals surface area (Å²) in [6, 6.07) is 11.1. The van der Waals surface area contributed by atoms with Gasteiger partial charge in [-0.1, -0.05) is 29.4 Å². The van der Waals surface area contributed by atoms with Crippen molar-refractivity contribution >= 4 is 28.8 Å². The number of Topliss-reactive ketones (excluding diaryl/α,β-unsaturated/α-hetero) is 1. The minimum absolute atomic E-state index is 0.0161. The Bertz CT molecular complexity index is 1080. The zero-order valence-corrected chi connectivity index (χ0v) is 15.9. The highest BCUT2D eigenvalue weighted by Crippen LogP contribution is 2.44. The molecular formula is C20H16N2O5S. The van der Waals surface area contributed by atoms with Crippen molar-refractivity contribution in [1.29, 1.82) is 0 Å². The summed E-state index contributed by atoms with van der Waals surface area (Å²) in [4.78, 5) is 27.8. The fourth-order valence-electron chi connectivity index (χ4n) is 3.27. The highest BCUT2D eigenvalue weighted by Gasteiger charge is 2.46. The fourth-order valence-corrected chi connectivity index (χ4v) is 3.95. The molecule has 28 heavy (non-hydrogen) atoms. The van der Waals surface area contributed by atoms with Gasteiger partial charge in [-0.15, -0.1) is 11.3 Å². The van der Waals surface area contributed by atoms with Gasteiger partial charge in [0.25, 0.3) is 5.91 Å². The molecule has 142 valence electrons. The van der Waals surface area contributed by atoms with Crippen LogP contribution in [-0.2, 0) is 4.79 Å². The van der Waals surface area contributed by atoms with Gasteiger partial charge in [-0.25, -0.2) is 0 Å². The van der Waals surface area contributed by atoms with Crippen LogP contribution in [0.15, 0.2) is 63.7 Å². The van der Waals surface area contributed by atoms with E-state index in [4.69, 9.17) is 9.26 Å². The van der Waals surface area contributed by atoms with E-state index >= 15 is 0 Å². The van der Waals surface area contributed by atoms with E-state index in [0.29, 0.717) is 22.0 Å². The van der Waals surface area contributed by atoms with E-state index in [2.05, 4.69) is 5.16 Å². The third-order valence-corrected chi connectivity index (χ3v) is 5.36. The van der Waals surface area contributed by atoms with Crippen LogP contribution in [0.1, 0.15) is 27.0 Å². The number of aryl methyl sites for hydroxylation is 1. The monoisotopic (exact) mass is 396 g/mol. The molecule has 3 aromatic rings. The zero-order valence-electron chi connectivity index (χ0n) is 15.1. The molecule has 1 aromatic carbocycles. The minimum atomic E-state index is -0.900. The van der Waals surface area contributed by atoms with Gasteiger partial charge in [0.2, 0.25) is 5.78 Å². The van der Waals surface area contributed by atoms with Crippen molar-refractivity contribution in [3.05, 3.63) is 75.4 Å². The SMILES string of the molecule is COc1ccccc1C1C(C(=O)c2cccs2)=C(O)C(=O)N1c1cc(C)on1. The summed E-state index contributed by atoms with van der Waals surface area (Å²) < 4.78 is 10.6. The maximum atomic E-state index is 13.2. The molecule has 7 nitrogen and oxygen atoms in total. The fraction of sp³-hybridized carbons (Fsp3) is 0.150. The summed E-state index contributed by atoms with van der Waals surface area (Å²) in [5.74, 6) is -0.548. The molecule has 0 saturated heterocycles. The van der Waals surface area contributed by atoms with Crippen LogP contribution in [0.3, 0.4) is 0 Å². The van der Waals surface area contributed by atoms with Crippen molar-refractivity contribution in [2.24, 2.45) is 0 Å². The normalized spacial score (nSPS) is 16.7. The molecule has 3 heterocycles. The topological polar surface area (TPSA) is 92.9 Å². The maximum absolute atomic E-state index is 13.2. The third kappa shape index (κ3) is 2.78. The summed E-state index contributed by atoms with van der Waals surface area (Å²) in [7, 11) is 1.50. The number of amides is 1. The minimum Gasteiger partial charge on any atom is -0.503 e. The highest BCUT2D eigenvalue weighted by atomic mass is 32.1. The van der Waals surface area contributed by atoms with Crippen LogP contribution in [-0.4, -0.2) is 29.1 Å². The van der Waals surface area contributed by atoms with Gasteiger partial charge >= 0.3 is 0 Å². The highest BCUT2D eigenvalue weighted by molar-refractivity contribution is 7.12. The number of methoxy groups -OCH3 is 1. The van der Waals surface area contributed by atoms with Gasteiger partial charge in [-0.05, 0) is 24.4 Å². The van der Waals surface area contributed by atoms with Gasteiger partial charge < -0.3 is 14.4 Å². The van der Waals surface area contributed by atoms with E-state index in [1.54, 1.807) is 54.8 Å². The predicted molar refractivity (Wildman–Crippen MR) is 103 cm³/mol. The Hall–Kier alpha value is -3.39. The van der Waals surface area contributed by atoms with E-state index in [1.165, 1.54) is 23.3 Å². The number of carbonyl (C=O) groups excluding carboxylic acids is 2. The van der Waals surface area contributed by atoms with Gasteiger partial charge in [0.15, 0.2) is 11.6 Å². The molecule has 0 bridgehead atoms. The van der Waals surface area contributed by atoms with Crippen LogP contribution in [0.5, 0.6) is 5.75 Å².